The van der Waals surface area contributed by atoms with Crippen molar-refractivity contribution in [2.75, 3.05) is 22.1 Å². The lowest BCUT2D eigenvalue weighted by molar-refractivity contribution is 0.262. The summed E-state index contributed by atoms with van der Waals surface area (Å²) < 4.78 is 0.677. The Labute approximate surface area is 186 Å². The van der Waals surface area contributed by atoms with E-state index in [-0.39, 0.29) is 6.03 Å². The Morgan fingerprint density at radius 2 is 1.60 bits per heavy atom. The third-order valence-corrected chi connectivity index (χ3v) is 4.96. The molecule has 0 atom stereocenters. The molecule has 0 saturated heterocycles. The van der Waals surface area contributed by atoms with Crippen molar-refractivity contribution in [3.8, 4) is 0 Å². The van der Waals surface area contributed by atoms with Gasteiger partial charge in [0, 0.05) is 30.5 Å². The lowest BCUT2D eigenvalue weighted by atomic mass is 10.1. The lowest BCUT2D eigenvalue weighted by Gasteiger charge is -2.24. The molecule has 3 rings (SSSR count). The summed E-state index contributed by atoms with van der Waals surface area (Å²) in [5.74, 6) is 0.816. The molecule has 0 saturated carbocycles. The van der Waals surface area contributed by atoms with Crippen LogP contribution in [0.3, 0.4) is 0 Å². The van der Waals surface area contributed by atoms with Crippen LogP contribution in [0.5, 0.6) is 0 Å². The number of urea groups is 1. The first-order valence-electron chi connectivity index (χ1n) is 10.1. The highest BCUT2D eigenvalue weighted by atomic mass is 79.9. The summed E-state index contributed by atoms with van der Waals surface area (Å²) in [5, 5.41) is 5.83. The molecule has 2 N–H and O–H groups in total. The number of aryl methyl sites for hydroxylation is 2. The highest BCUT2D eigenvalue weighted by Gasteiger charge is 2.12. The summed E-state index contributed by atoms with van der Waals surface area (Å²) in [7, 11) is 0. The fraction of sp³-hybridized carbons (Fsp3) is 0.250. The lowest BCUT2D eigenvalue weighted by Crippen LogP contribution is -2.25. The number of nitrogens with zero attached hydrogens (tertiary/aromatic N) is 2. The van der Waals surface area contributed by atoms with Crippen molar-refractivity contribution in [3.63, 3.8) is 0 Å². The Morgan fingerprint density at radius 1 is 0.967 bits per heavy atom. The third-order valence-electron chi connectivity index (χ3n) is 4.55. The van der Waals surface area contributed by atoms with Crippen molar-refractivity contribution in [1.82, 2.24) is 4.98 Å². The zero-order valence-electron chi connectivity index (χ0n) is 17.6. The van der Waals surface area contributed by atoms with Crippen molar-refractivity contribution < 1.29 is 4.79 Å². The smallest absolute Gasteiger partial charge is 0.323 e. The second-order valence-electron chi connectivity index (χ2n) is 7.40. The maximum Gasteiger partial charge on any atom is 0.323 e. The Balaban J connectivity index is 1.76. The van der Waals surface area contributed by atoms with Crippen molar-refractivity contribution in [2.24, 2.45) is 0 Å². The van der Waals surface area contributed by atoms with E-state index in [0.29, 0.717) is 10.3 Å². The zero-order chi connectivity index (χ0) is 21.5. The number of carbonyl (C=O) groups is 1. The first-order valence-corrected chi connectivity index (χ1v) is 10.8. The van der Waals surface area contributed by atoms with E-state index in [4.69, 9.17) is 0 Å². The average molecular weight is 467 g/mol. The normalized spacial score (nSPS) is 10.5. The van der Waals surface area contributed by atoms with Crippen molar-refractivity contribution in [3.05, 3.63) is 82.0 Å². The van der Waals surface area contributed by atoms with Gasteiger partial charge in [-0.15, -0.1) is 0 Å². The predicted octanol–water partition coefficient (Wildman–Crippen LogP) is 6.52. The quantitative estimate of drug-likeness (QED) is 0.389. The van der Waals surface area contributed by atoms with Gasteiger partial charge in [0.05, 0.1) is 0 Å². The minimum absolute atomic E-state index is 0.283. The van der Waals surface area contributed by atoms with Crippen molar-refractivity contribution >= 4 is 39.2 Å². The number of halogens is 1. The van der Waals surface area contributed by atoms with Gasteiger partial charge in [-0.3, -0.25) is 0 Å². The van der Waals surface area contributed by atoms with E-state index in [0.717, 1.165) is 42.1 Å². The van der Waals surface area contributed by atoms with Crippen molar-refractivity contribution in [2.45, 2.75) is 33.7 Å². The van der Waals surface area contributed by atoms with E-state index in [2.05, 4.69) is 61.6 Å². The SMILES string of the molecule is CCCN(Cc1ccccc1)c1cc(NC(=O)Nc2cc(C)cc(C)c2)cc(Br)n1. The van der Waals surface area contributed by atoms with Crippen LogP contribution in [-0.4, -0.2) is 17.6 Å². The van der Waals surface area contributed by atoms with Crippen LogP contribution < -0.4 is 15.5 Å². The van der Waals surface area contributed by atoms with Gasteiger partial charge in [0.2, 0.25) is 0 Å². The van der Waals surface area contributed by atoms with Gasteiger partial charge in [-0.2, -0.15) is 0 Å². The van der Waals surface area contributed by atoms with Crippen LogP contribution in [0.15, 0.2) is 65.3 Å². The van der Waals surface area contributed by atoms with Gasteiger partial charge in [-0.1, -0.05) is 43.3 Å². The summed E-state index contributed by atoms with van der Waals surface area (Å²) in [6, 6.07) is 19.7. The van der Waals surface area contributed by atoms with Crippen LogP contribution in [0, 0.1) is 13.8 Å². The Morgan fingerprint density at radius 3 is 2.23 bits per heavy atom. The highest BCUT2D eigenvalue weighted by molar-refractivity contribution is 9.10. The van der Waals surface area contributed by atoms with Crippen LogP contribution in [0.1, 0.15) is 30.0 Å². The topological polar surface area (TPSA) is 57.3 Å². The van der Waals surface area contributed by atoms with Gasteiger partial charge in [0.1, 0.15) is 10.4 Å². The fourth-order valence-electron chi connectivity index (χ4n) is 3.41. The summed E-state index contributed by atoms with van der Waals surface area (Å²) >= 11 is 3.48. The van der Waals surface area contributed by atoms with Gasteiger partial charge in [0.15, 0.2) is 0 Å². The van der Waals surface area contributed by atoms with Gasteiger partial charge in [-0.05, 0) is 71.1 Å². The molecular weight excluding hydrogens is 440 g/mol. The zero-order valence-corrected chi connectivity index (χ0v) is 19.2. The monoisotopic (exact) mass is 466 g/mol. The molecule has 156 valence electrons. The first-order chi connectivity index (χ1) is 14.4. The number of benzene rings is 2. The largest absolute Gasteiger partial charge is 0.352 e. The number of hydrogen-bond acceptors (Lipinski definition) is 3. The maximum absolute atomic E-state index is 12.5. The standard InChI is InChI=1S/C24H27BrN4O/c1-4-10-29(16-19-8-6-5-7-9-19)23-15-21(14-22(25)28-23)27-24(30)26-20-12-17(2)11-18(3)13-20/h5-9,11-15H,4,10,16H2,1-3H3,(H2,26,27,28,30). The number of carbonyl (C=O) groups excluding carboxylic acids is 1. The molecule has 30 heavy (non-hydrogen) atoms. The molecule has 1 aromatic heterocycles. The average Bonchev–Trinajstić information content (AvgIpc) is 2.67. The Hall–Kier alpha value is -2.86. The fourth-order valence-corrected chi connectivity index (χ4v) is 3.83. The van der Waals surface area contributed by atoms with E-state index < -0.39 is 0 Å². The van der Waals surface area contributed by atoms with E-state index >= 15 is 0 Å². The Bertz CT molecular complexity index is 987. The summed E-state index contributed by atoms with van der Waals surface area (Å²) in [4.78, 5) is 19.4. The number of pyridine rings is 1. The van der Waals surface area contributed by atoms with E-state index in [1.165, 1.54) is 5.56 Å². The number of rotatable bonds is 7. The van der Waals surface area contributed by atoms with E-state index in [9.17, 15) is 4.79 Å². The van der Waals surface area contributed by atoms with Crippen molar-refractivity contribution in [1.29, 1.82) is 0 Å². The van der Waals surface area contributed by atoms with Gasteiger partial charge < -0.3 is 15.5 Å². The predicted molar refractivity (Wildman–Crippen MR) is 128 cm³/mol. The first kappa shape index (κ1) is 21.8. The van der Waals surface area contributed by atoms with E-state index in [1.807, 2.05) is 50.2 Å². The van der Waals surface area contributed by atoms with Crippen LogP contribution in [0.25, 0.3) is 0 Å². The molecular formula is C24H27BrN4O. The summed E-state index contributed by atoms with van der Waals surface area (Å²) in [6.07, 6.45) is 0.997. The molecule has 3 aromatic rings. The van der Waals surface area contributed by atoms with Gasteiger partial charge >= 0.3 is 6.03 Å². The Kier molecular flexibility index (Phi) is 7.46. The maximum atomic E-state index is 12.5. The van der Waals surface area contributed by atoms with Crippen LogP contribution in [0.2, 0.25) is 0 Å². The molecule has 0 aliphatic heterocycles. The molecule has 0 unspecified atom stereocenters. The van der Waals surface area contributed by atoms with Gasteiger partial charge in [-0.25, -0.2) is 9.78 Å². The minimum Gasteiger partial charge on any atom is -0.352 e. The number of amides is 2. The minimum atomic E-state index is -0.283. The number of anilines is 3. The summed E-state index contributed by atoms with van der Waals surface area (Å²) in [6.45, 7) is 7.79. The van der Waals surface area contributed by atoms with Crippen LogP contribution in [0.4, 0.5) is 22.0 Å². The van der Waals surface area contributed by atoms with Gasteiger partial charge in [0.25, 0.3) is 0 Å². The molecule has 0 aliphatic rings. The molecule has 0 fully saturated rings. The second kappa shape index (κ2) is 10.3. The molecule has 2 aromatic carbocycles. The molecule has 6 heteroatoms. The molecule has 1 heterocycles. The number of hydrogen-bond donors (Lipinski definition) is 2. The molecule has 2 amide bonds. The molecule has 0 radical (unpaired) electrons. The number of nitrogens with one attached hydrogen (secondary N) is 2. The van der Waals surface area contributed by atoms with Crippen LogP contribution in [-0.2, 0) is 6.54 Å². The molecule has 5 nitrogen and oxygen atoms in total. The highest BCUT2D eigenvalue weighted by Crippen LogP contribution is 2.24. The van der Waals surface area contributed by atoms with E-state index in [1.54, 1.807) is 6.07 Å². The second-order valence-corrected chi connectivity index (χ2v) is 8.21. The molecule has 0 spiro atoms. The summed E-state index contributed by atoms with van der Waals surface area (Å²) in [5.41, 5.74) is 4.89. The number of aromatic nitrogens is 1. The molecule has 0 bridgehead atoms. The van der Waals surface area contributed by atoms with Crippen LogP contribution >= 0.6 is 15.9 Å². The molecule has 0 aliphatic carbocycles. The third kappa shape index (κ3) is 6.32.